The molecule has 2 aromatic rings. The summed E-state index contributed by atoms with van der Waals surface area (Å²) in [6, 6.07) is 9.70. The molecule has 30 heavy (non-hydrogen) atoms. The first-order valence-electron chi connectivity index (χ1n) is 9.89. The molecule has 8 nitrogen and oxygen atoms in total. The van der Waals surface area contributed by atoms with E-state index in [9.17, 15) is 19.2 Å². The van der Waals surface area contributed by atoms with Gasteiger partial charge in [-0.25, -0.2) is 0 Å². The molecule has 1 aromatic heterocycles. The van der Waals surface area contributed by atoms with Gasteiger partial charge in [-0.2, -0.15) is 0 Å². The van der Waals surface area contributed by atoms with Crippen molar-refractivity contribution in [2.24, 2.45) is 0 Å². The molecule has 1 unspecified atom stereocenters. The molecule has 0 bridgehead atoms. The second-order valence-corrected chi connectivity index (χ2v) is 7.39. The van der Waals surface area contributed by atoms with Gasteiger partial charge >= 0.3 is 5.97 Å². The Balaban J connectivity index is 1.47. The number of nitrogens with one attached hydrogen (secondary N) is 1. The van der Waals surface area contributed by atoms with Crippen LogP contribution in [0.2, 0.25) is 0 Å². The van der Waals surface area contributed by atoms with Gasteiger partial charge in [0, 0.05) is 24.0 Å². The van der Waals surface area contributed by atoms with E-state index in [1.165, 1.54) is 18.3 Å². The molecule has 0 saturated heterocycles. The van der Waals surface area contributed by atoms with E-state index < -0.39 is 36.3 Å². The number of esters is 1. The summed E-state index contributed by atoms with van der Waals surface area (Å²) in [6.07, 6.45) is 5.65. The number of hydrogen-bond donors (Lipinski definition) is 1. The summed E-state index contributed by atoms with van der Waals surface area (Å²) in [4.78, 5) is 55.2. The predicted molar refractivity (Wildman–Crippen MR) is 105 cm³/mol. The van der Waals surface area contributed by atoms with Crippen LogP contribution in [0.3, 0.4) is 0 Å². The number of amides is 3. The molecule has 2 aliphatic rings. The van der Waals surface area contributed by atoms with E-state index in [2.05, 4.69) is 10.3 Å². The van der Waals surface area contributed by atoms with Crippen LogP contribution in [0.15, 0.2) is 48.8 Å². The topological polar surface area (TPSA) is 106 Å². The molecule has 4 rings (SSSR count). The lowest BCUT2D eigenvalue weighted by molar-refractivity contribution is -0.156. The summed E-state index contributed by atoms with van der Waals surface area (Å²) in [5, 5.41) is 2.92. The number of rotatable bonds is 6. The van der Waals surface area contributed by atoms with Crippen LogP contribution < -0.4 is 5.32 Å². The standard InChI is InChI=1S/C22H21N3O5/c26-18(13-25-21(28)16-9-3-4-10-17(16)22(25)29)30-19(14-6-5-11-23-12-14)20(27)24-15-7-1-2-8-15/h3-6,9-12,15,19H,1-2,7-8,13H2,(H,24,27). The number of benzene rings is 1. The first kappa shape index (κ1) is 19.8. The van der Waals surface area contributed by atoms with Gasteiger partial charge in [-0.05, 0) is 31.0 Å². The molecular weight excluding hydrogens is 386 g/mol. The number of aromatic nitrogens is 1. The minimum atomic E-state index is -1.21. The normalized spacial score (nSPS) is 17.0. The Labute approximate surface area is 173 Å². The van der Waals surface area contributed by atoms with Crippen molar-refractivity contribution >= 4 is 23.7 Å². The number of carbonyl (C=O) groups is 4. The summed E-state index contributed by atoms with van der Waals surface area (Å²) < 4.78 is 5.43. The van der Waals surface area contributed by atoms with Crippen LogP contribution in [0.1, 0.15) is 58.1 Å². The Kier molecular flexibility index (Phi) is 5.56. The SMILES string of the molecule is O=C(CN1C(=O)c2ccccc2C1=O)OC(C(=O)NC1CCCC1)c1cccnc1. The van der Waals surface area contributed by atoms with Crippen molar-refractivity contribution in [1.82, 2.24) is 15.2 Å². The van der Waals surface area contributed by atoms with Crippen LogP contribution in [0.25, 0.3) is 0 Å². The number of ether oxygens (including phenoxy) is 1. The largest absolute Gasteiger partial charge is 0.446 e. The first-order valence-corrected chi connectivity index (χ1v) is 9.89. The third-order valence-corrected chi connectivity index (χ3v) is 5.34. The zero-order valence-corrected chi connectivity index (χ0v) is 16.2. The Hall–Kier alpha value is -3.55. The number of hydrogen-bond acceptors (Lipinski definition) is 6. The molecule has 1 aliphatic carbocycles. The Morgan fingerprint density at radius 2 is 1.73 bits per heavy atom. The highest BCUT2D eigenvalue weighted by Crippen LogP contribution is 2.24. The van der Waals surface area contributed by atoms with Crippen molar-refractivity contribution in [1.29, 1.82) is 0 Å². The zero-order chi connectivity index (χ0) is 21.1. The number of pyridine rings is 1. The highest BCUT2D eigenvalue weighted by molar-refractivity contribution is 6.22. The molecule has 154 valence electrons. The zero-order valence-electron chi connectivity index (χ0n) is 16.2. The van der Waals surface area contributed by atoms with Crippen molar-refractivity contribution in [3.63, 3.8) is 0 Å². The minimum Gasteiger partial charge on any atom is -0.446 e. The molecule has 1 saturated carbocycles. The van der Waals surface area contributed by atoms with Gasteiger partial charge < -0.3 is 10.1 Å². The summed E-state index contributed by atoms with van der Waals surface area (Å²) in [7, 11) is 0. The van der Waals surface area contributed by atoms with Crippen molar-refractivity contribution < 1.29 is 23.9 Å². The van der Waals surface area contributed by atoms with Gasteiger partial charge in [-0.3, -0.25) is 29.1 Å². The molecular formula is C22H21N3O5. The van der Waals surface area contributed by atoms with Crippen molar-refractivity contribution in [3.05, 3.63) is 65.5 Å². The molecule has 1 aliphatic heterocycles. The third-order valence-electron chi connectivity index (χ3n) is 5.34. The van der Waals surface area contributed by atoms with Crippen molar-refractivity contribution in [2.75, 3.05) is 6.54 Å². The van der Waals surface area contributed by atoms with Gasteiger partial charge in [-0.1, -0.05) is 31.0 Å². The van der Waals surface area contributed by atoms with Crippen molar-refractivity contribution in [2.45, 2.75) is 37.8 Å². The van der Waals surface area contributed by atoms with E-state index in [0.717, 1.165) is 30.6 Å². The second kappa shape index (κ2) is 8.44. The van der Waals surface area contributed by atoms with Gasteiger partial charge in [0.15, 0.2) is 0 Å². The van der Waals surface area contributed by atoms with Crippen LogP contribution in [0.5, 0.6) is 0 Å². The van der Waals surface area contributed by atoms with Gasteiger partial charge in [0.05, 0.1) is 11.1 Å². The smallest absolute Gasteiger partial charge is 0.327 e. The fourth-order valence-electron chi connectivity index (χ4n) is 3.83. The van der Waals surface area contributed by atoms with Gasteiger partial charge in [0.25, 0.3) is 17.7 Å². The third kappa shape index (κ3) is 3.94. The minimum absolute atomic E-state index is 0.0478. The molecule has 1 aromatic carbocycles. The molecule has 0 spiro atoms. The average Bonchev–Trinajstić information content (AvgIpc) is 3.35. The number of imide groups is 1. The van der Waals surface area contributed by atoms with Crippen LogP contribution in [-0.2, 0) is 14.3 Å². The maximum absolute atomic E-state index is 12.8. The van der Waals surface area contributed by atoms with Gasteiger partial charge in [-0.15, -0.1) is 0 Å². The predicted octanol–water partition coefficient (Wildman–Crippen LogP) is 2.02. The van der Waals surface area contributed by atoms with Gasteiger partial charge in [0.1, 0.15) is 6.54 Å². The molecule has 2 heterocycles. The molecule has 1 atom stereocenters. The quantitative estimate of drug-likeness (QED) is 0.580. The fourth-order valence-corrected chi connectivity index (χ4v) is 3.83. The monoisotopic (exact) mass is 407 g/mol. The number of carbonyl (C=O) groups excluding carboxylic acids is 4. The molecule has 1 fully saturated rings. The van der Waals surface area contributed by atoms with Gasteiger partial charge in [0.2, 0.25) is 6.10 Å². The molecule has 1 N–H and O–H groups in total. The lowest BCUT2D eigenvalue weighted by Gasteiger charge is -2.21. The molecule has 3 amide bonds. The number of fused-ring (bicyclic) bond motifs is 1. The van der Waals surface area contributed by atoms with Crippen LogP contribution in [0.4, 0.5) is 0 Å². The van der Waals surface area contributed by atoms with Crippen LogP contribution in [-0.4, -0.2) is 46.2 Å². The Morgan fingerprint density at radius 1 is 1.07 bits per heavy atom. The van der Waals surface area contributed by atoms with E-state index in [1.54, 1.807) is 30.5 Å². The highest BCUT2D eigenvalue weighted by Gasteiger charge is 2.37. The maximum atomic E-state index is 12.8. The van der Waals surface area contributed by atoms with Crippen LogP contribution in [0, 0.1) is 0 Å². The summed E-state index contributed by atoms with van der Waals surface area (Å²) in [5.41, 5.74) is 0.917. The molecule has 0 radical (unpaired) electrons. The average molecular weight is 407 g/mol. The van der Waals surface area contributed by atoms with E-state index in [-0.39, 0.29) is 17.2 Å². The lowest BCUT2D eigenvalue weighted by Crippen LogP contribution is -2.40. The van der Waals surface area contributed by atoms with Crippen LogP contribution >= 0.6 is 0 Å². The first-order chi connectivity index (χ1) is 14.5. The van der Waals surface area contributed by atoms with E-state index in [1.807, 2.05) is 0 Å². The van der Waals surface area contributed by atoms with E-state index >= 15 is 0 Å². The summed E-state index contributed by atoms with van der Waals surface area (Å²) in [5.74, 6) is -2.40. The lowest BCUT2D eigenvalue weighted by atomic mass is 10.1. The maximum Gasteiger partial charge on any atom is 0.327 e. The number of nitrogens with zero attached hydrogens (tertiary/aromatic N) is 2. The second-order valence-electron chi connectivity index (χ2n) is 7.39. The Morgan fingerprint density at radius 3 is 2.33 bits per heavy atom. The summed E-state index contributed by atoms with van der Waals surface area (Å²) in [6.45, 7) is -0.570. The summed E-state index contributed by atoms with van der Waals surface area (Å²) >= 11 is 0. The Bertz CT molecular complexity index is 950. The van der Waals surface area contributed by atoms with E-state index in [0.29, 0.717) is 5.56 Å². The fraction of sp³-hybridized carbons (Fsp3) is 0.318. The van der Waals surface area contributed by atoms with Crippen molar-refractivity contribution in [3.8, 4) is 0 Å². The van der Waals surface area contributed by atoms with E-state index in [4.69, 9.17) is 4.74 Å². The highest BCUT2D eigenvalue weighted by atomic mass is 16.5. The molecule has 8 heteroatoms.